The molecule has 0 heterocycles. The predicted molar refractivity (Wildman–Crippen MR) is 63.0 cm³/mol. The third-order valence-electron chi connectivity index (χ3n) is 2.11. The number of benzene rings is 1. The van der Waals surface area contributed by atoms with Gasteiger partial charge in [0.05, 0.1) is 13.2 Å². The van der Waals surface area contributed by atoms with Crippen molar-refractivity contribution in [3.8, 4) is 0 Å². The van der Waals surface area contributed by atoms with Crippen molar-refractivity contribution < 1.29 is 31.7 Å². The Morgan fingerprint density at radius 1 is 1.39 bits per heavy atom. The Bertz CT molecular complexity index is 459. The van der Waals surface area contributed by atoms with E-state index in [0.29, 0.717) is 6.42 Å². The molecule has 1 aromatic carbocycles. The molecule has 18 heavy (non-hydrogen) atoms. The third-order valence-corrected chi connectivity index (χ3v) is 2.11. The first-order valence-corrected chi connectivity index (χ1v) is 5.13. The molecule has 0 aliphatic carbocycles. The molecule has 0 fully saturated rings. The molecule has 0 aromatic heterocycles. The summed E-state index contributed by atoms with van der Waals surface area (Å²) in [4.78, 5) is 14.3. The molecule has 1 aromatic rings. The summed E-state index contributed by atoms with van der Waals surface area (Å²) in [5, 5.41) is 9.06. The summed E-state index contributed by atoms with van der Waals surface area (Å²) in [5.41, 5.74) is 0.687. The maximum absolute atomic E-state index is 11.4. The molecule has 1 radical (unpaired) electrons. The van der Waals surface area contributed by atoms with Crippen LogP contribution < -0.4 is 0 Å². The molecule has 1 N–H and O–H groups in total. The van der Waals surface area contributed by atoms with E-state index in [1.807, 2.05) is 30.3 Å². The maximum Gasteiger partial charge on any atom is 0.339 e. The summed E-state index contributed by atoms with van der Waals surface area (Å²) >= 11 is 0. The van der Waals surface area contributed by atoms with Crippen molar-refractivity contribution in [1.29, 1.82) is 0 Å². The van der Waals surface area contributed by atoms with E-state index in [1.165, 1.54) is 6.92 Å². The molecule has 0 unspecified atom stereocenters. The monoisotopic (exact) mass is 294 g/mol. The Kier molecular flexibility index (Phi) is 7.53. The molecule has 0 saturated heterocycles. The minimum Gasteiger partial charge on any atom is -0.523 e. The van der Waals surface area contributed by atoms with Crippen molar-refractivity contribution >= 4 is 5.97 Å². The van der Waals surface area contributed by atoms with Crippen molar-refractivity contribution in [2.75, 3.05) is 6.61 Å². The number of carbonyl (C=O) groups excluding carboxylic acids is 1. The van der Waals surface area contributed by atoms with E-state index in [2.05, 4.69) is 4.85 Å². The maximum atomic E-state index is 11.4. The number of aliphatic hydroxyl groups excluding tert-OH is 1. The third kappa shape index (κ3) is 5.05. The van der Waals surface area contributed by atoms with Crippen LogP contribution in [0.4, 0.5) is 0 Å². The van der Waals surface area contributed by atoms with Crippen LogP contribution in [0.15, 0.2) is 41.8 Å². The van der Waals surface area contributed by atoms with Crippen LogP contribution in [0, 0.1) is 6.57 Å². The van der Waals surface area contributed by atoms with Crippen molar-refractivity contribution in [1.82, 2.24) is 0 Å². The van der Waals surface area contributed by atoms with E-state index in [0.717, 1.165) is 5.56 Å². The molecule has 1 rings (SSSR count). The van der Waals surface area contributed by atoms with Gasteiger partial charge in [-0.15, -0.1) is 0 Å². The zero-order valence-corrected chi connectivity index (χ0v) is 10.8. The van der Waals surface area contributed by atoms with Gasteiger partial charge in [-0.2, -0.15) is 0 Å². The Morgan fingerprint density at radius 3 is 2.50 bits per heavy atom. The van der Waals surface area contributed by atoms with Crippen molar-refractivity contribution in [3.63, 3.8) is 0 Å². The van der Waals surface area contributed by atoms with Gasteiger partial charge >= 0.3 is 11.7 Å². The summed E-state index contributed by atoms with van der Waals surface area (Å²) in [7, 11) is 0. The Labute approximate surface area is 117 Å². The minimum absolute atomic E-state index is 0. The molecule has 0 atom stereocenters. The second-order valence-corrected chi connectivity index (χ2v) is 3.42. The fourth-order valence-electron chi connectivity index (χ4n) is 1.25. The molecule has 5 heteroatoms. The molecule has 0 bridgehead atoms. The average Bonchev–Trinajstić information content (AvgIpc) is 2.30. The van der Waals surface area contributed by atoms with Crippen LogP contribution in [0.1, 0.15) is 12.5 Å². The van der Waals surface area contributed by atoms with E-state index < -0.39 is 5.97 Å². The molecular formula is C13H13CuNO3. The van der Waals surface area contributed by atoms with Crippen LogP contribution in [-0.4, -0.2) is 17.7 Å². The van der Waals surface area contributed by atoms with E-state index in [9.17, 15) is 4.79 Å². The number of esters is 1. The molecule has 99 valence electrons. The minimum atomic E-state index is -0.782. The number of nitrogens with zero attached hydrogens (tertiary/aromatic N) is 1. The standard InChI is InChI=1S/C13H13NO3.Cu/c1-10(15)12(14-2)13(16)17-9-8-11-6-4-3-5-7-11;/h3-7,15H,8-9H2,1H3;/b12-10+;. The molecule has 0 spiro atoms. The van der Waals surface area contributed by atoms with E-state index in [1.54, 1.807) is 0 Å². The van der Waals surface area contributed by atoms with Crippen molar-refractivity contribution in [2.45, 2.75) is 13.3 Å². The fourth-order valence-corrected chi connectivity index (χ4v) is 1.25. The van der Waals surface area contributed by atoms with Crippen LogP contribution in [-0.2, 0) is 33.0 Å². The zero-order valence-electron chi connectivity index (χ0n) is 9.81. The largest absolute Gasteiger partial charge is 0.523 e. The Hall–Kier alpha value is -1.76. The quantitative estimate of drug-likeness (QED) is 0.305. The molecule has 0 aliphatic rings. The molecule has 0 aliphatic heterocycles. The normalized spacial score (nSPS) is 10.7. The van der Waals surface area contributed by atoms with Gasteiger partial charge in [-0.25, -0.2) is 4.85 Å². The number of aliphatic hydroxyl groups is 1. The van der Waals surface area contributed by atoms with Crippen molar-refractivity contribution in [3.05, 3.63) is 58.8 Å². The number of hydrogen-bond acceptors (Lipinski definition) is 3. The molecular weight excluding hydrogens is 282 g/mol. The van der Waals surface area contributed by atoms with Crippen LogP contribution in [0.5, 0.6) is 0 Å². The zero-order chi connectivity index (χ0) is 12.7. The van der Waals surface area contributed by atoms with E-state index in [-0.39, 0.29) is 35.1 Å². The van der Waals surface area contributed by atoms with Gasteiger partial charge in [-0.05, 0) is 12.5 Å². The first kappa shape index (κ1) is 16.2. The van der Waals surface area contributed by atoms with Crippen molar-refractivity contribution in [2.24, 2.45) is 0 Å². The second kappa shape index (κ2) is 8.35. The summed E-state index contributed by atoms with van der Waals surface area (Å²) in [5.74, 6) is -1.10. The first-order chi connectivity index (χ1) is 8.15. The van der Waals surface area contributed by atoms with Crippen LogP contribution in [0.3, 0.4) is 0 Å². The van der Waals surface area contributed by atoms with Gasteiger partial charge in [0.2, 0.25) is 0 Å². The molecule has 4 nitrogen and oxygen atoms in total. The number of rotatable bonds is 4. The number of carbonyl (C=O) groups is 1. The number of allylic oxidation sites excluding steroid dienone is 1. The van der Waals surface area contributed by atoms with Gasteiger partial charge in [-0.3, -0.25) is 4.79 Å². The SMILES string of the molecule is [C-]#[N+]/C(C(=O)OCCc1ccccc1)=C(\C)O.[Cu]. The Morgan fingerprint density at radius 2 is 2.00 bits per heavy atom. The first-order valence-electron chi connectivity index (χ1n) is 5.13. The van der Waals surface area contributed by atoms with Gasteiger partial charge in [0.1, 0.15) is 5.76 Å². The summed E-state index contributed by atoms with van der Waals surface area (Å²) in [6.07, 6.45) is 0.586. The Balaban J connectivity index is 0.00000289. The average molecular weight is 295 g/mol. The summed E-state index contributed by atoms with van der Waals surface area (Å²) < 4.78 is 4.89. The summed E-state index contributed by atoms with van der Waals surface area (Å²) in [6.45, 7) is 8.20. The number of hydrogen-bond donors (Lipinski definition) is 1. The van der Waals surface area contributed by atoms with Gasteiger partial charge in [0.15, 0.2) is 0 Å². The molecule has 0 amide bonds. The topological polar surface area (TPSA) is 50.9 Å². The van der Waals surface area contributed by atoms with E-state index in [4.69, 9.17) is 16.4 Å². The number of ether oxygens (including phenoxy) is 1. The van der Waals surface area contributed by atoms with Gasteiger partial charge < -0.3 is 9.84 Å². The van der Waals surface area contributed by atoms with Gasteiger partial charge in [-0.1, -0.05) is 30.3 Å². The van der Waals surface area contributed by atoms with Gasteiger partial charge in [0.25, 0.3) is 0 Å². The second-order valence-electron chi connectivity index (χ2n) is 3.42. The van der Waals surface area contributed by atoms with Crippen LogP contribution >= 0.6 is 0 Å². The predicted octanol–water partition coefficient (Wildman–Crippen LogP) is 2.48. The summed E-state index contributed by atoms with van der Waals surface area (Å²) in [6, 6.07) is 9.57. The van der Waals surface area contributed by atoms with Crippen LogP contribution in [0.2, 0.25) is 0 Å². The molecule has 0 saturated carbocycles. The van der Waals surface area contributed by atoms with Gasteiger partial charge in [0, 0.05) is 23.5 Å². The van der Waals surface area contributed by atoms with E-state index >= 15 is 0 Å². The fraction of sp³-hybridized carbons (Fsp3) is 0.231. The smallest absolute Gasteiger partial charge is 0.339 e. The van der Waals surface area contributed by atoms with Crippen LogP contribution in [0.25, 0.3) is 4.85 Å².